The van der Waals surface area contributed by atoms with Gasteiger partial charge in [0.05, 0.1) is 5.54 Å². The summed E-state index contributed by atoms with van der Waals surface area (Å²) in [5.74, 6) is 0. The molecular weight excluding hydrogens is 140 g/mol. The zero-order chi connectivity index (χ0) is 8.06. The molecule has 2 amide bonds. The first-order valence-corrected chi connectivity index (χ1v) is 4.15. The summed E-state index contributed by atoms with van der Waals surface area (Å²) in [6.07, 6.45) is 3.67. The van der Waals surface area contributed by atoms with Crippen molar-refractivity contribution < 1.29 is 4.79 Å². The molecule has 1 saturated heterocycles. The molecule has 3 heteroatoms. The topological polar surface area (TPSA) is 23.6 Å². The molecule has 1 heterocycles. The van der Waals surface area contributed by atoms with Crippen molar-refractivity contribution >= 4 is 6.03 Å². The molecule has 2 aliphatic rings. The Labute approximate surface area is 67.0 Å². The van der Waals surface area contributed by atoms with Crippen molar-refractivity contribution in [2.45, 2.75) is 24.8 Å². The summed E-state index contributed by atoms with van der Waals surface area (Å²) in [6, 6.07) is 0.185. The van der Waals surface area contributed by atoms with Crippen LogP contribution in [-0.2, 0) is 0 Å². The summed E-state index contributed by atoms with van der Waals surface area (Å²) in [5.41, 5.74) is 0.228. The Morgan fingerprint density at radius 2 is 2.00 bits per heavy atom. The molecule has 0 radical (unpaired) electrons. The van der Waals surface area contributed by atoms with Crippen LogP contribution < -0.4 is 0 Å². The van der Waals surface area contributed by atoms with E-state index in [0.29, 0.717) is 0 Å². The molecule has 11 heavy (non-hydrogen) atoms. The maximum Gasteiger partial charge on any atom is 0.320 e. The Kier molecular flexibility index (Phi) is 1.20. The van der Waals surface area contributed by atoms with E-state index in [1.165, 1.54) is 19.3 Å². The van der Waals surface area contributed by atoms with Crippen LogP contribution in [0.25, 0.3) is 0 Å². The summed E-state index contributed by atoms with van der Waals surface area (Å²) >= 11 is 0. The molecular formula is C8H14N2O. The van der Waals surface area contributed by atoms with Crippen molar-refractivity contribution in [2.24, 2.45) is 0 Å². The Hall–Kier alpha value is -0.730. The van der Waals surface area contributed by atoms with Gasteiger partial charge in [0, 0.05) is 20.6 Å². The van der Waals surface area contributed by atoms with E-state index in [2.05, 4.69) is 0 Å². The van der Waals surface area contributed by atoms with Crippen LogP contribution in [-0.4, -0.2) is 42.0 Å². The van der Waals surface area contributed by atoms with Crippen molar-refractivity contribution in [2.75, 3.05) is 20.6 Å². The lowest BCUT2D eigenvalue weighted by molar-refractivity contribution is 0.106. The van der Waals surface area contributed by atoms with Gasteiger partial charge in [-0.2, -0.15) is 0 Å². The molecule has 0 aromatic carbocycles. The highest BCUT2D eigenvalue weighted by atomic mass is 16.2. The molecule has 0 aromatic rings. The second-order valence-corrected chi connectivity index (χ2v) is 3.78. The van der Waals surface area contributed by atoms with E-state index in [9.17, 15) is 4.79 Å². The van der Waals surface area contributed by atoms with Crippen molar-refractivity contribution in [1.29, 1.82) is 0 Å². The van der Waals surface area contributed by atoms with E-state index in [-0.39, 0.29) is 11.6 Å². The van der Waals surface area contributed by atoms with Gasteiger partial charge >= 0.3 is 6.03 Å². The number of carbonyl (C=O) groups is 1. The molecule has 1 aliphatic heterocycles. The molecule has 1 aliphatic carbocycles. The largest absolute Gasteiger partial charge is 0.325 e. The predicted octanol–water partition coefficient (Wildman–Crippen LogP) is 0.906. The van der Waals surface area contributed by atoms with E-state index in [1.54, 1.807) is 0 Å². The predicted molar refractivity (Wildman–Crippen MR) is 42.4 cm³/mol. The minimum atomic E-state index is 0.185. The zero-order valence-corrected chi connectivity index (χ0v) is 7.13. The highest BCUT2D eigenvalue weighted by Gasteiger charge is 2.49. The van der Waals surface area contributed by atoms with Gasteiger partial charge in [-0.05, 0) is 19.3 Å². The van der Waals surface area contributed by atoms with Crippen molar-refractivity contribution in [1.82, 2.24) is 9.80 Å². The van der Waals surface area contributed by atoms with Gasteiger partial charge in [0.1, 0.15) is 0 Å². The maximum atomic E-state index is 11.4. The van der Waals surface area contributed by atoms with Crippen LogP contribution >= 0.6 is 0 Å². The monoisotopic (exact) mass is 154 g/mol. The third kappa shape index (κ3) is 0.710. The summed E-state index contributed by atoms with van der Waals surface area (Å²) in [7, 11) is 3.80. The van der Waals surface area contributed by atoms with E-state index < -0.39 is 0 Å². The fraction of sp³-hybridized carbons (Fsp3) is 0.875. The van der Waals surface area contributed by atoms with Crippen molar-refractivity contribution in [3.05, 3.63) is 0 Å². The van der Waals surface area contributed by atoms with E-state index in [1.807, 2.05) is 23.9 Å². The quantitative estimate of drug-likeness (QED) is 0.508. The minimum absolute atomic E-state index is 0.185. The molecule has 1 spiro atoms. The molecule has 2 fully saturated rings. The third-order valence-electron chi connectivity index (χ3n) is 3.14. The normalized spacial score (nSPS) is 28.0. The van der Waals surface area contributed by atoms with Crippen LogP contribution in [0.3, 0.4) is 0 Å². The van der Waals surface area contributed by atoms with Gasteiger partial charge < -0.3 is 9.80 Å². The first-order valence-electron chi connectivity index (χ1n) is 4.15. The SMILES string of the molecule is CN1CC2(CCC2)N(C)C1=O. The van der Waals surface area contributed by atoms with Crippen LogP contribution in [0.2, 0.25) is 0 Å². The summed E-state index contributed by atoms with van der Waals surface area (Å²) in [6.45, 7) is 0.933. The third-order valence-corrected chi connectivity index (χ3v) is 3.14. The van der Waals surface area contributed by atoms with Gasteiger partial charge in [-0.25, -0.2) is 4.79 Å². The highest BCUT2D eigenvalue weighted by molar-refractivity contribution is 5.77. The summed E-state index contributed by atoms with van der Waals surface area (Å²) < 4.78 is 0. The van der Waals surface area contributed by atoms with Crippen LogP contribution in [0, 0.1) is 0 Å². The molecule has 62 valence electrons. The number of carbonyl (C=O) groups excluding carboxylic acids is 1. The Morgan fingerprint density at radius 3 is 2.18 bits per heavy atom. The average molecular weight is 154 g/mol. The molecule has 0 aromatic heterocycles. The number of hydrogen-bond donors (Lipinski definition) is 0. The lowest BCUT2D eigenvalue weighted by atomic mass is 9.76. The van der Waals surface area contributed by atoms with Gasteiger partial charge in [0.2, 0.25) is 0 Å². The molecule has 1 saturated carbocycles. The molecule has 0 bridgehead atoms. The number of likely N-dealkylation sites (N-methyl/N-ethyl adjacent to an activating group) is 2. The number of amides is 2. The van der Waals surface area contributed by atoms with Gasteiger partial charge in [0.25, 0.3) is 0 Å². The van der Waals surface area contributed by atoms with Crippen LogP contribution in [0.15, 0.2) is 0 Å². The average Bonchev–Trinajstić information content (AvgIpc) is 2.12. The van der Waals surface area contributed by atoms with Crippen LogP contribution in [0.5, 0.6) is 0 Å². The number of nitrogens with zero attached hydrogens (tertiary/aromatic N) is 2. The first-order chi connectivity index (χ1) is 5.16. The Balaban J connectivity index is 2.20. The minimum Gasteiger partial charge on any atom is -0.325 e. The molecule has 0 N–H and O–H groups in total. The van der Waals surface area contributed by atoms with Crippen molar-refractivity contribution in [3.63, 3.8) is 0 Å². The van der Waals surface area contributed by atoms with Gasteiger partial charge in [0.15, 0.2) is 0 Å². The van der Waals surface area contributed by atoms with Crippen LogP contribution in [0.4, 0.5) is 4.79 Å². The Bertz CT molecular complexity index is 198. The standard InChI is InChI=1S/C8H14N2O/c1-9-6-8(4-3-5-8)10(2)7(9)11/h3-6H2,1-2H3. The lowest BCUT2D eigenvalue weighted by Crippen LogP contribution is -2.50. The first kappa shape index (κ1) is 6.95. The second-order valence-electron chi connectivity index (χ2n) is 3.78. The summed E-state index contributed by atoms with van der Waals surface area (Å²) in [4.78, 5) is 15.1. The number of urea groups is 1. The fourth-order valence-electron chi connectivity index (χ4n) is 2.15. The maximum absolute atomic E-state index is 11.4. The summed E-state index contributed by atoms with van der Waals surface area (Å²) in [5, 5.41) is 0. The Morgan fingerprint density at radius 1 is 1.36 bits per heavy atom. The van der Waals surface area contributed by atoms with Crippen molar-refractivity contribution in [3.8, 4) is 0 Å². The molecule has 0 unspecified atom stereocenters. The number of rotatable bonds is 0. The van der Waals surface area contributed by atoms with E-state index in [4.69, 9.17) is 0 Å². The lowest BCUT2D eigenvalue weighted by Gasteiger charge is -2.42. The fourth-order valence-corrected chi connectivity index (χ4v) is 2.15. The zero-order valence-electron chi connectivity index (χ0n) is 7.13. The van der Waals surface area contributed by atoms with Gasteiger partial charge in [-0.3, -0.25) is 0 Å². The highest BCUT2D eigenvalue weighted by Crippen LogP contribution is 2.41. The van der Waals surface area contributed by atoms with Crippen LogP contribution in [0.1, 0.15) is 19.3 Å². The molecule has 0 atom stereocenters. The number of hydrogen-bond acceptors (Lipinski definition) is 1. The smallest absolute Gasteiger partial charge is 0.320 e. The van der Waals surface area contributed by atoms with E-state index in [0.717, 1.165) is 6.54 Å². The molecule has 2 rings (SSSR count). The van der Waals surface area contributed by atoms with E-state index >= 15 is 0 Å². The molecule has 3 nitrogen and oxygen atoms in total. The second kappa shape index (κ2) is 1.90. The van der Waals surface area contributed by atoms with Gasteiger partial charge in [-0.15, -0.1) is 0 Å². The van der Waals surface area contributed by atoms with Gasteiger partial charge in [-0.1, -0.05) is 0 Å².